The van der Waals surface area contributed by atoms with E-state index in [1.54, 1.807) is 12.1 Å². The molecule has 0 amide bonds. The minimum atomic E-state index is -1.35. The van der Waals surface area contributed by atoms with E-state index in [0.717, 1.165) is 5.56 Å². The van der Waals surface area contributed by atoms with Crippen LogP contribution in [-0.4, -0.2) is 34.1 Å². The van der Waals surface area contributed by atoms with Gasteiger partial charge in [0.15, 0.2) is 0 Å². The first-order valence-corrected chi connectivity index (χ1v) is 9.03. The summed E-state index contributed by atoms with van der Waals surface area (Å²) in [5, 5.41) is 18.8. The molecular formula is C22H18O7. The van der Waals surface area contributed by atoms with Gasteiger partial charge in [-0.05, 0) is 46.7 Å². The lowest BCUT2D eigenvalue weighted by atomic mass is 9.73. The van der Waals surface area contributed by atoms with Crippen LogP contribution in [-0.2, 0) is 15.6 Å². The van der Waals surface area contributed by atoms with Crippen molar-refractivity contribution in [3.63, 3.8) is 0 Å². The number of esters is 2. The van der Waals surface area contributed by atoms with Gasteiger partial charge < -0.3 is 14.9 Å². The number of carbonyl (C=O) groups excluding carboxylic acids is 2. The van der Waals surface area contributed by atoms with Gasteiger partial charge in [0, 0.05) is 5.41 Å². The Balaban J connectivity index is 2.02. The van der Waals surface area contributed by atoms with Crippen LogP contribution < -0.4 is 0 Å². The second-order valence-electron chi connectivity index (χ2n) is 8.35. The van der Waals surface area contributed by atoms with Gasteiger partial charge in [0.05, 0.1) is 22.3 Å². The van der Waals surface area contributed by atoms with Gasteiger partial charge in [-0.25, -0.2) is 19.2 Å². The molecule has 0 radical (unpaired) electrons. The standard InChI is InChI=1S/C22H18O7/c1-21(2)9-22(3,10-4-5-11(17(23)24)13(8-10)18(25)26)16-14(21)7-6-12-15(16)20(28)29-19(12)27/h4-8H,9H2,1-3H3,(H,23,24)(H,25,26). The third kappa shape index (κ3) is 2.50. The van der Waals surface area contributed by atoms with Crippen LogP contribution in [0, 0.1) is 0 Å². The summed E-state index contributed by atoms with van der Waals surface area (Å²) in [5.74, 6) is -4.10. The summed E-state index contributed by atoms with van der Waals surface area (Å²) < 4.78 is 4.82. The molecule has 1 aliphatic heterocycles. The fourth-order valence-corrected chi connectivity index (χ4v) is 4.88. The number of fused-ring (bicyclic) bond motifs is 3. The number of carboxylic acid groups (broad SMARTS) is 2. The van der Waals surface area contributed by atoms with Gasteiger partial charge in [-0.2, -0.15) is 0 Å². The number of rotatable bonds is 3. The Morgan fingerprint density at radius 1 is 0.931 bits per heavy atom. The third-order valence-corrected chi connectivity index (χ3v) is 6.01. The largest absolute Gasteiger partial charge is 0.478 e. The van der Waals surface area contributed by atoms with Crippen molar-refractivity contribution in [2.75, 3.05) is 0 Å². The molecule has 0 spiro atoms. The zero-order valence-electron chi connectivity index (χ0n) is 16.0. The van der Waals surface area contributed by atoms with Crippen LogP contribution in [0.1, 0.15) is 85.3 Å². The fourth-order valence-electron chi connectivity index (χ4n) is 4.88. The molecule has 0 saturated heterocycles. The van der Waals surface area contributed by atoms with Gasteiger partial charge in [0.2, 0.25) is 0 Å². The Labute approximate surface area is 165 Å². The maximum absolute atomic E-state index is 12.5. The Bertz CT molecular complexity index is 1140. The summed E-state index contributed by atoms with van der Waals surface area (Å²) in [7, 11) is 0. The summed E-state index contributed by atoms with van der Waals surface area (Å²) in [5.41, 5.74) is 0.670. The van der Waals surface area contributed by atoms with Crippen molar-refractivity contribution in [2.45, 2.75) is 38.0 Å². The second kappa shape index (κ2) is 5.76. The van der Waals surface area contributed by atoms with E-state index in [9.17, 15) is 29.4 Å². The van der Waals surface area contributed by atoms with E-state index in [-0.39, 0.29) is 27.7 Å². The normalized spacial score (nSPS) is 21.5. The lowest BCUT2D eigenvalue weighted by Crippen LogP contribution is -2.26. The van der Waals surface area contributed by atoms with Crippen LogP contribution in [0.5, 0.6) is 0 Å². The molecule has 29 heavy (non-hydrogen) atoms. The van der Waals surface area contributed by atoms with E-state index in [0.29, 0.717) is 17.5 Å². The highest BCUT2D eigenvalue weighted by molar-refractivity contribution is 6.16. The van der Waals surface area contributed by atoms with Crippen LogP contribution in [0.15, 0.2) is 30.3 Å². The summed E-state index contributed by atoms with van der Waals surface area (Å²) in [4.78, 5) is 47.6. The van der Waals surface area contributed by atoms with Crippen LogP contribution in [0.25, 0.3) is 0 Å². The van der Waals surface area contributed by atoms with E-state index in [4.69, 9.17) is 4.74 Å². The van der Waals surface area contributed by atoms with Crippen molar-refractivity contribution in [3.05, 3.63) is 69.3 Å². The third-order valence-electron chi connectivity index (χ3n) is 6.01. The highest BCUT2D eigenvalue weighted by Gasteiger charge is 2.51. The van der Waals surface area contributed by atoms with E-state index in [1.165, 1.54) is 12.1 Å². The lowest BCUT2D eigenvalue weighted by Gasteiger charge is -2.29. The van der Waals surface area contributed by atoms with Crippen LogP contribution in [0.3, 0.4) is 0 Å². The number of ether oxygens (including phenoxy) is 1. The first kappa shape index (κ1) is 18.9. The predicted molar refractivity (Wildman–Crippen MR) is 101 cm³/mol. The lowest BCUT2D eigenvalue weighted by molar-refractivity contribution is 0.0441. The molecule has 148 valence electrons. The monoisotopic (exact) mass is 394 g/mol. The second-order valence-corrected chi connectivity index (χ2v) is 8.35. The number of benzene rings is 2. The van der Waals surface area contributed by atoms with Crippen molar-refractivity contribution in [1.82, 2.24) is 0 Å². The van der Waals surface area contributed by atoms with Gasteiger partial charge in [-0.3, -0.25) is 0 Å². The van der Waals surface area contributed by atoms with E-state index < -0.39 is 29.3 Å². The molecule has 2 N–H and O–H groups in total. The average molecular weight is 394 g/mol. The Hall–Kier alpha value is -3.48. The molecule has 7 nitrogen and oxygen atoms in total. The van der Waals surface area contributed by atoms with Gasteiger partial charge >= 0.3 is 23.9 Å². The van der Waals surface area contributed by atoms with E-state index in [2.05, 4.69) is 0 Å². The Morgan fingerprint density at radius 2 is 1.59 bits per heavy atom. The van der Waals surface area contributed by atoms with E-state index >= 15 is 0 Å². The molecule has 0 aromatic heterocycles. The highest BCUT2D eigenvalue weighted by Crippen LogP contribution is 2.55. The zero-order chi connectivity index (χ0) is 21.3. The molecular weight excluding hydrogens is 376 g/mol. The maximum atomic E-state index is 12.5. The SMILES string of the molecule is CC1(C)CC(C)(c2ccc(C(=O)O)c(C(=O)O)c2)c2c1ccc1c2C(=O)OC1=O. The first-order valence-electron chi connectivity index (χ1n) is 9.03. The molecule has 0 fully saturated rings. The van der Waals surface area contributed by atoms with Gasteiger partial charge in [0.1, 0.15) is 0 Å². The van der Waals surface area contributed by atoms with Gasteiger partial charge in [0.25, 0.3) is 0 Å². The fraction of sp³-hybridized carbons (Fsp3) is 0.273. The maximum Gasteiger partial charge on any atom is 0.347 e. The molecule has 4 rings (SSSR count). The molecule has 2 aliphatic rings. The Kier molecular flexibility index (Phi) is 3.75. The molecule has 2 aromatic carbocycles. The molecule has 1 atom stereocenters. The van der Waals surface area contributed by atoms with Crippen molar-refractivity contribution < 1.29 is 34.1 Å². The first-order chi connectivity index (χ1) is 13.5. The van der Waals surface area contributed by atoms with Crippen molar-refractivity contribution in [2.24, 2.45) is 0 Å². The number of carboxylic acids is 2. The summed E-state index contributed by atoms with van der Waals surface area (Å²) in [6.45, 7) is 5.89. The molecule has 7 heteroatoms. The quantitative estimate of drug-likeness (QED) is 0.605. The highest BCUT2D eigenvalue weighted by atomic mass is 16.6. The minimum Gasteiger partial charge on any atom is -0.478 e. The number of aromatic carboxylic acids is 2. The minimum absolute atomic E-state index is 0.193. The summed E-state index contributed by atoms with van der Waals surface area (Å²) in [6, 6.07) is 7.58. The van der Waals surface area contributed by atoms with E-state index in [1.807, 2.05) is 26.8 Å². The topological polar surface area (TPSA) is 118 Å². The number of hydrogen-bond donors (Lipinski definition) is 2. The number of carbonyl (C=O) groups is 4. The summed E-state index contributed by atoms with van der Waals surface area (Å²) in [6.07, 6.45) is 0.540. The van der Waals surface area contributed by atoms with Crippen LogP contribution in [0.2, 0.25) is 0 Å². The molecule has 0 saturated carbocycles. The van der Waals surface area contributed by atoms with Crippen molar-refractivity contribution in [1.29, 1.82) is 0 Å². The van der Waals surface area contributed by atoms with Crippen molar-refractivity contribution >= 4 is 23.9 Å². The smallest absolute Gasteiger partial charge is 0.347 e. The Morgan fingerprint density at radius 3 is 2.21 bits per heavy atom. The summed E-state index contributed by atoms with van der Waals surface area (Å²) >= 11 is 0. The van der Waals surface area contributed by atoms with Crippen molar-refractivity contribution in [3.8, 4) is 0 Å². The number of hydrogen-bond acceptors (Lipinski definition) is 5. The van der Waals surface area contributed by atoms with Crippen LogP contribution >= 0.6 is 0 Å². The molecule has 1 heterocycles. The zero-order valence-corrected chi connectivity index (χ0v) is 16.0. The van der Waals surface area contributed by atoms with Crippen LogP contribution in [0.4, 0.5) is 0 Å². The molecule has 0 bridgehead atoms. The average Bonchev–Trinajstić information content (AvgIpc) is 3.05. The van der Waals surface area contributed by atoms with Gasteiger partial charge in [-0.1, -0.05) is 32.9 Å². The molecule has 1 unspecified atom stereocenters. The molecule has 2 aromatic rings. The number of cyclic esters (lactones) is 2. The molecule has 1 aliphatic carbocycles. The predicted octanol–water partition coefficient (Wildman–Crippen LogP) is 3.38. The van der Waals surface area contributed by atoms with Gasteiger partial charge in [-0.15, -0.1) is 0 Å².